The SMILES string of the molecule is CCC(CCC(=O)O)C1CCSC1. The fourth-order valence-electron chi connectivity index (χ4n) is 2.01. The molecule has 1 fully saturated rings. The minimum Gasteiger partial charge on any atom is -0.481 e. The van der Waals surface area contributed by atoms with E-state index in [1.54, 1.807) is 0 Å². The molecule has 1 saturated heterocycles. The molecule has 3 heteroatoms. The lowest BCUT2D eigenvalue weighted by Gasteiger charge is -2.20. The van der Waals surface area contributed by atoms with Gasteiger partial charge in [0.15, 0.2) is 0 Å². The first-order valence-corrected chi connectivity index (χ1v) is 6.19. The van der Waals surface area contributed by atoms with Crippen molar-refractivity contribution in [2.24, 2.45) is 11.8 Å². The summed E-state index contributed by atoms with van der Waals surface area (Å²) in [6.45, 7) is 2.18. The van der Waals surface area contributed by atoms with Crippen LogP contribution in [0.5, 0.6) is 0 Å². The van der Waals surface area contributed by atoms with E-state index in [2.05, 4.69) is 6.92 Å². The van der Waals surface area contributed by atoms with E-state index in [-0.39, 0.29) is 0 Å². The van der Waals surface area contributed by atoms with Crippen molar-refractivity contribution in [1.82, 2.24) is 0 Å². The van der Waals surface area contributed by atoms with Crippen molar-refractivity contribution in [2.45, 2.75) is 32.6 Å². The summed E-state index contributed by atoms with van der Waals surface area (Å²) in [6.07, 6.45) is 3.65. The average Bonchev–Trinajstić information content (AvgIpc) is 2.58. The van der Waals surface area contributed by atoms with E-state index < -0.39 is 5.97 Å². The van der Waals surface area contributed by atoms with E-state index in [0.29, 0.717) is 12.3 Å². The third-order valence-electron chi connectivity index (χ3n) is 2.88. The summed E-state index contributed by atoms with van der Waals surface area (Å²) in [7, 11) is 0. The number of carbonyl (C=O) groups is 1. The van der Waals surface area contributed by atoms with Gasteiger partial charge in [0.05, 0.1) is 0 Å². The van der Waals surface area contributed by atoms with Crippen molar-refractivity contribution in [3.8, 4) is 0 Å². The fraction of sp³-hybridized carbons (Fsp3) is 0.900. The zero-order valence-electron chi connectivity index (χ0n) is 8.16. The van der Waals surface area contributed by atoms with Crippen LogP contribution in [0.25, 0.3) is 0 Å². The Labute approximate surface area is 84.1 Å². The normalized spacial score (nSPS) is 24.5. The standard InChI is InChI=1S/C10H18O2S/c1-2-8(3-4-10(11)12)9-5-6-13-7-9/h8-9H,2-7H2,1H3,(H,11,12). The maximum absolute atomic E-state index is 10.4. The molecule has 1 heterocycles. The van der Waals surface area contributed by atoms with Crippen molar-refractivity contribution in [1.29, 1.82) is 0 Å². The molecule has 1 aliphatic heterocycles. The highest BCUT2D eigenvalue weighted by Gasteiger charge is 2.24. The first kappa shape index (κ1) is 10.9. The topological polar surface area (TPSA) is 37.3 Å². The first-order chi connectivity index (χ1) is 6.24. The molecule has 0 aromatic carbocycles. The fourth-order valence-corrected chi connectivity index (χ4v) is 3.38. The Bertz CT molecular complexity index is 164. The number of rotatable bonds is 5. The summed E-state index contributed by atoms with van der Waals surface area (Å²) in [5.74, 6) is 3.30. The van der Waals surface area contributed by atoms with Crippen LogP contribution >= 0.6 is 11.8 Å². The molecule has 0 aliphatic carbocycles. The van der Waals surface area contributed by atoms with Gasteiger partial charge in [0, 0.05) is 6.42 Å². The smallest absolute Gasteiger partial charge is 0.303 e. The molecule has 2 atom stereocenters. The lowest BCUT2D eigenvalue weighted by Crippen LogP contribution is -2.15. The van der Waals surface area contributed by atoms with Crippen molar-refractivity contribution in [2.75, 3.05) is 11.5 Å². The molecular formula is C10H18O2S. The Kier molecular flexibility index (Phi) is 4.64. The molecule has 13 heavy (non-hydrogen) atoms. The van der Waals surface area contributed by atoms with Crippen LogP contribution in [0, 0.1) is 11.8 Å². The number of hydrogen-bond donors (Lipinski definition) is 1. The van der Waals surface area contributed by atoms with Gasteiger partial charge in [-0.25, -0.2) is 0 Å². The molecule has 0 aromatic rings. The largest absolute Gasteiger partial charge is 0.481 e. The van der Waals surface area contributed by atoms with E-state index in [1.165, 1.54) is 17.9 Å². The van der Waals surface area contributed by atoms with E-state index in [4.69, 9.17) is 5.11 Å². The van der Waals surface area contributed by atoms with Crippen LogP contribution in [0.4, 0.5) is 0 Å². The van der Waals surface area contributed by atoms with Crippen LogP contribution in [-0.4, -0.2) is 22.6 Å². The molecule has 0 saturated carbocycles. The van der Waals surface area contributed by atoms with Gasteiger partial charge >= 0.3 is 5.97 Å². The van der Waals surface area contributed by atoms with Gasteiger partial charge in [-0.3, -0.25) is 4.79 Å². The zero-order chi connectivity index (χ0) is 9.68. The number of carboxylic acid groups (broad SMARTS) is 1. The van der Waals surface area contributed by atoms with Crippen molar-refractivity contribution >= 4 is 17.7 Å². The highest BCUT2D eigenvalue weighted by molar-refractivity contribution is 7.99. The molecule has 0 radical (unpaired) electrons. The minimum absolute atomic E-state index is 0.347. The Balaban J connectivity index is 2.28. The number of thioether (sulfide) groups is 1. The Morgan fingerprint density at radius 2 is 2.46 bits per heavy atom. The van der Waals surface area contributed by atoms with Crippen molar-refractivity contribution in [3.63, 3.8) is 0 Å². The van der Waals surface area contributed by atoms with Gasteiger partial charge in [-0.15, -0.1) is 0 Å². The van der Waals surface area contributed by atoms with Crippen LogP contribution in [0.1, 0.15) is 32.6 Å². The second kappa shape index (κ2) is 5.53. The van der Waals surface area contributed by atoms with Gasteiger partial charge in [0.2, 0.25) is 0 Å². The summed E-state index contributed by atoms with van der Waals surface area (Å²) >= 11 is 2.01. The van der Waals surface area contributed by atoms with Crippen LogP contribution in [0.2, 0.25) is 0 Å². The Morgan fingerprint density at radius 1 is 1.69 bits per heavy atom. The molecule has 0 aromatic heterocycles. The van der Waals surface area contributed by atoms with E-state index in [0.717, 1.165) is 18.8 Å². The van der Waals surface area contributed by atoms with E-state index in [9.17, 15) is 4.79 Å². The number of aliphatic carboxylic acids is 1. The first-order valence-electron chi connectivity index (χ1n) is 5.03. The van der Waals surface area contributed by atoms with Crippen molar-refractivity contribution < 1.29 is 9.90 Å². The lowest BCUT2D eigenvalue weighted by atomic mass is 9.86. The highest BCUT2D eigenvalue weighted by atomic mass is 32.2. The van der Waals surface area contributed by atoms with E-state index in [1.807, 2.05) is 11.8 Å². The molecule has 0 spiro atoms. The summed E-state index contributed by atoms with van der Waals surface area (Å²) in [4.78, 5) is 10.4. The van der Waals surface area contributed by atoms with Crippen LogP contribution in [0.3, 0.4) is 0 Å². The molecule has 2 nitrogen and oxygen atoms in total. The maximum atomic E-state index is 10.4. The lowest BCUT2D eigenvalue weighted by molar-refractivity contribution is -0.137. The molecule has 0 bridgehead atoms. The summed E-state index contributed by atoms with van der Waals surface area (Å²) in [5, 5.41) is 8.60. The summed E-state index contributed by atoms with van der Waals surface area (Å²) < 4.78 is 0. The van der Waals surface area contributed by atoms with Gasteiger partial charge in [0.25, 0.3) is 0 Å². The zero-order valence-corrected chi connectivity index (χ0v) is 8.98. The predicted octanol–water partition coefficient (Wildman–Crippen LogP) is 2.63. The third-order valence-corrected chi connectivity index (χ3v) is 4.07. The molecule has 1 rings (SSSR count). The minimum atomic E-state index is -0.649. The maximum Gasteiger partial charge on any atom is 0.303 e. The molecule has 1 N–H and O–H groups in total. The van der Waals surface area contributed by atoms with Crippen molar-refractivity contribution in [3.05, 3.63) is 0 Å². The second-order valence-corrected chi connectivity index (χ2v) is 4.87. The molecule has 0 amide bonds. The quantitative estimate of drug-likeness (QED) is 0.744. The van der Waals surface area contributed by atoms with Gasteiger partial charge < -0.3 is 5.11 Å². The molecule has 2 unspecified atom stereocenters. The van der Waals surface area contributed by atoms with E-state index >= 15 is 0 Å². The second-order valence-electron chi connectivity index (χ2n) is 3.72. The third kappa shape index (κ3) is 3.59. The highest BCUT2D eigenvalue weighted by Crippen LogP contribution is 2.33. The van der Waals surface area contributed by atoms with Gasteiger partial charge in [-0.05, 0) is 36.2 Å². The van der Waals surface area contributed by atoms with Gasteiger partial charge in [0.1, 0.15) is 0 Å². The van der Waals surface area contributed by atoms with Crippen LogP contribution < -0.4 is 0 Å². The summed E-state index contributed by atoms with van der Waals surface area (Å²) in [5.41, 5.74) is 0. The van der Waals surface area contributed by atoms with Gasteiger partial charge in [-0.1, -0.05) is 13.3 Å². The Morgan fingerprint density at radius 3 is 2.92 bits per heavy atom. The Hall–Kier alpha value is -0.180. The number of hydrogen-bond acceptors (Lipinski definition) is 2. The molecule has 76 valence electrons. The summed E-state index contributed by atoms with van der Waals surface area (Å²) in [6, 6.07) is 0. The molecular weight excluding hydrogens is 184 g/mol. The average molecular weight is 202 g/mol. The number of carboxylic acids is 1. The molecule has 1 aliphatic rings. The van der Waals surface area contributed by atoms with Crippen LogP contribution in [-0.2, 0) is 4.79 Å². The monoisotopic (exact) mass is 202 g/mol. The predicted molar refractivity (Wildman–Crippen MR) is 56.1 cm³/mol. The van der Waals surface area contributed by atoms with Crippen LogP contribution in [0.15, 0.2) is 0 Å². The van der Waals surface area contributed by atoms with Gasteiger partial charge in [-0.2, -0.15) is 11.8 Å².